The van der Waals surface area contributed by atoms with Crippen LogP contribution >= 0.6 is 0 Å². The van der Waals surface area contributed by atoms with Crippen molar-refractivity contribution < 1.29 is 15.0 Å². The minimum absolute atomic E-state index is 0.00432. The number of aliphatic hydroxyl groups excluding tert-OH is 1. The summed E-state index contributed by atoms with van der Waals surface area (Å²) >= 11 is 0. The van der Waals surface area contributed by atoms with E-state index >= 15 is 0 Å². The molecule has 3 N–H and O–H groups in total. The van der Waals surface area contributed by atoms with E-state index in [9.17, 15) is 15.0 Å². The molecule has 0 radical (unpaired) electrons. The zero-order valence-electron chi connectivity index (χ0n) is 12.5. The predicted octanol–water partition coefficient (Wildman–Crippen LogP) is 1.28. The van der Waals surface area contributed by atoms with Crippen LogP contribution in [0.4, 0.5) is 0 Å². The fourth-order valence-corrected chi connectivity index (χ4v) is 2.71. The number of rotatable bonds is 5. The normalized spacial score (nSPS) is 17.4. The van der Waals surface area contributed by atoms with Gasteiger partial charge >= 0.3 is 0 Å². The zero-order valence-corrected chi connectivity index (χ0v) is 12.5. The van der Waals surface area contributed by atoms with E-state index in [0.29, 0.717) is 12.1 Å². The Morgan fingerprint density at radius 3 is 2.71 bits per heavy atom. The first kappa shape index (κ1) is 15.8. The summed E-state index contributed by atoms with van der Waals surface area (Å²) in [6, 6.07) is 4.77. The molecule has 21 heavy (non-hydrogen) atoms. The number of para-hydroxylation sites is 1. The van der Waals surface area contributed by atoms with E-state index < -0.39 is 0 Å². The summed E-state index contributed by atoms with van der Waals surface area (Å²) in [5, 5.41) is 22.2. The van der Waals surface area contributed by atoms with Gasteiger partial charge in [-0.25, -0.2) is 0 Å². The van der Waals surface area contributed by atoms with Crippen LogP contribution in [-0.2, 0) is 0 Å². The number of nitrogens with one attached hydrogen (secondary N) is 1. The lowest BCUT2D eigenvalue weighted by Crippen LogP contribution is -2.47. The van der Waals surface area contributed by atoms with E-state index in [1.165, 1.54) is 19.3 Å². The summed E-state index contributed by atoms with van der Waals surface area (Å²) in [5.74, 6) is -0.336. The van der Waals surface area contributed by atoms with E-state index in [0.717, 1.165) is 13.1 Å². The fourth-order valence-electron chi connectivity index (χ4n) is 2.71. The van der Waals surface area contributed by atoms with Crippen molar-refractivity contribution in [2.75, 3.05) is 26.2 Å². The SMILES string of the molecule is Cc1cccc(C(=O)NC(CO)CN2CCCCC2)c1O. The van der Waals surface area contributed by atoms with Crippen molar-refractivity contribution >= 4 is 5.91 Å². The maximum absolute atomic E-state index is 12.2. The molecule has 1 heterocycles. The number of hydrogen-bond acceptors (Lipinski definition) is 4. The molecule has 5 heteroatoms. The van der Waals surface area contributed by atoms with E-state index in [4.69, 9.17) is 0 Å². The monoisotopic (exact) mass is 292 g/mol. The molecule has 1 fully saturated rings. The number of carbonyl (C=O) groups excluding carboxylic acids is 1. The molecule has 5 nitrogen and oxygen atoms in total. The largest absolute Gasteiger partial charge is 0.507 e. The van der Waals surface area contributed by atoms with E-state index in [1.807, 2.05) is 0 Å². The van der Waals surface area contributed by atoms with Crippen molar-refractivity contribution in [3.63, 3.8) is 0 Å². The third-order valence-electron chi connectivity index (χ3n) is 3.97. The maximum Gasteiger partial charge on any atom is 0.255 e. The average Bonchev–Trinajstić information content (AvgIpc) is 2.50. The molecule has 1 aromatic rings. The Morgan fingerprint density at radius 2 is 2.05 bits per heavy atom. The number of benzene rings is 1. The van der Waals surface area contributed by atoms with Crippen molar-refractivity contribution in [3.8, 4) is 5.75 Å². The van der Waals surface area contributed by atoms with Crippen LogP contribution in [0.1, 0.15) is 35.2 Å². The van der Waals surface area contributed by atoms with Crippen molar-refractivity contribution in [3.05, 3.63) is 29.3 Å². The Morgan fingerprint density at radius 1 is 1.33 bits per heavy atom. The van der Waals surface area contributed by atoms with E-state index in [-0.39, 0.29) is 29.9 Å². The summed E-state index contributed by atoms with van der Waals surface area (Å²) < 4.78 is 0. The number of aliphatic hydroxyl groups is 1. The first-order chi connectivity index (χ1) is 10.1. The number of amides is 1. The number of likely N-dealkylation sites (tertiary alicyclic amines) is 1. The summed E-state index contributed by atoms with van der Waals surface area (Å²) in [6.45, 7) is 4.33. The standard InChI is InChI=1S/C16H24N2O3/c1-12-6-5-7-14(15(12)20)16(21)17-13(11-19)10-18-8-3-2-4-9-18/h5-7,13,19-20H,2-4,8-11H2,1H3,(H,17,21). The van der Waals surface area contributed by atoms with Crippen LogP contribution in [0.3, 0.4) is 0 Å². The van der Waals surface area contributed by atoms with Gasteiger partial charge in [0.15, 0.2) is 0 Å². The lowest BCUT2D eigenvalue weighted by atomic mass is 10.1. The number of aromatic hydroxyl groups is 1. The molecular formula is C16H24N2O3. The molecule has 1 aliphatic rings. The van der Waals surface area contributed by atoms with Gasteiger partial charge in [-0.3, -0.25) is 4.79 Å². The van der Waals surface area contributed by atoms with Crippen LogP contribution in [0.25, 0.3) is 0 Å². The van der Waals surface area contributed by atoms with Gasteiger partial charge in [0.2, 0.25) is 0 Å². The van der Waals surface area contributed by atoms with Crippen molar-refractivity contribution in [1.82, 2.24) is 10.2 Å². The van der Waals surface area contributed by atoms with Gasteiger partial charge in [0.25, 0.3) is 5.91 Å². The molecule has 0 aromatic heterocycles. The fraction of sp³-hybridized carbons (Fsp3) is 0.562. The first-order valence-corrected chi connectivity index (χ1v) is 7.54. The number of hydrogen-bond donors (Lipinski definition) is 3. The Bertz CT molecular complexity index is 484. The second-order valence-corrected chi connectivity index (χ2v) is 5.69. The van der Waals surface area contributed by atoms with Gasteiger partial charge in [0, 0.05) is 6.54 Å². The van der Waals surface area contributed by atoms with Gasteiger partial charge in [0.1, 0.15) is 5.75 Å². The summed E-state index contributed by atoms with van der Waals surface area (Å²) in [6.07, 6.45) is 3.60. The molecule has 2 rings (SSSR count). The maximum atomic E-state index is 12.2. The highest BCUT2D eigenvalue weighted by molar-refractivity contribution is 5.97. The lowest BCUT2D eigenvalue weighted by molar-refractivity contribution is 0.0883. The smallest absolute Gasteiger partial charge is 0.255 e. The average molecular weight is 292 g/mol. The number of nitrogens with zero attached hydrogens (tertiary/aromatic N) is 1. The Hall–Kier alpha value is -1.59. The van der Waals surface area contributed by atoms with Crippen LogP contribution in [0.5, 0.6) is 5.75 Å². The predicted molar refractivity (Wildman–Crippen MR) is 81.5 cm³/mol. The molecule has 1 unspecified atom stereocenters. The second kappa shape index (κ2) is 7.43. The first-order valence-electron chi connectivity index (χ1n) is 7.54. The van der Waals surface area contributed by atoms with Crippen molar-refractivity contribution in [2.24, 2.45) is 0 Å². The minimum Gasteiger partial charge on any atom is -0.507 e. The molecule has 1 amide bonds. The number of piperidine rings is 1. The lowest BCUT2D eigenvalue weighted by Gasteiger charge is -2.30. The molecule has 116 valence electrons. The van der Waals surface area contributed by atoms with Gasteiger partial charge in [-0.1, -0.05) is 18.6 Å². The summed E-state index contributed by atoms with van der Waals surface area (Å²) in [4.78, 5) is 14.5. The number of aryl methyl sites for hydroxylation is 1. The molecule has 1 aromatic carbocycles. The topological polar surface area (TPSA) is 72.8 Å². The second-order valence-electron chi connectivity index (χ2n) is 5.69. The highest BCUT2D eigenvalue weighted by atomic mass is 16.3. The summed E-state index contributed by atoms with van der Waals surface area (Å²) in [5.41, 5.74) is 0.923. The van der Waals surface area contributed by atoms with Crippen molar-refractivity contribution in [2.45, 2.75) is 32.2 Å². The van der Waals surface area contributed by atoms with Gasteiger partial charge in [-0.2, -0.15) is 0 Å². The third-order valence-corrected chi connectivity index (χ3v) is 3.97. The zero-order chi connectivity index (χ0) is 15.2. The van der Waals surface area contributed by atoms with Crippen LogP contribution in [-0.4, -0.2) is 53.3 Å². The molecule has 0 aliphatic carbocycles. The van der Waals surface area contributed by atoms with Crippen LogP contribution in [0, 0.1) is 6.92 Å². The molecule has 1 atom stereocenters. The van der Waals surface area contributed by atoms with Gasteiger partial charge in [0.05, 0.1) is 18.2 Å². The van der Waals surface area contributed by atoms with Crippen LogP contribution in [0.2, 0.25) is 0 Å². The van der Waals surface area contributed by atoms with Crippen molar-refractivity contribution in [1.29, 1.82) is 0 Å². The van der Waals surface area contributed by atoms with E-state index in [2.05, 4.69) is 10.2 Å². The molecule has 1 saturated heterocycles. The van der Waals surface area contributed by atoms with Gasteiger partial charge in [-0.15, -0.1) is 0 Å². The highest BCUT2D eigenvalue weighted by Crippen LogP contribution is 2.21. The van der Waals surface area contributed by atoms with Gasteiger partial charge in [-0.05, 0) is 44.5 Å². The Balaban J connectivity index is 1.97. The van der Waals surface area contributed by atoms with Gasteiger partial charge < -0.3 is 20.4 Å². The third kappa shape index (κ3) is 4.19. The molecule has 1 aliphatic heterocycles. The van der Waals surface area contributed by atoms with E-state index in [1.54, 1.807) is 25.1 Å². The number of phenols is 1. The highest BCUT2D eigenvalue weighted by Gasteiger charge is 2.20. The van der Waals surface area contributed by atoms with Crippen LogP contribution in [0.15, 0.2) is 18.2 Å². The minimum atomic E-state index is -0.341. The molecule has 0 spiro atoms. The molecule has 0 bridgehead atoms. The Kier molecular flexibility index (Phi) is 5.59. The number of phenolic OH excluding ortho intramolecular Hbond substituents is 1. The molecule has 0 saturated carbocycles. The van der Waals surface area contributed by atoms with Crippen LogP contribution < -0.4 is 5.32 Å². The summed E-state index contributed by atoms with van der Waals surface area (Å²) in [7, 11) is 0. The quantitative estimate of drug-likeness (QED) is 0.764. The number of carbonyl (C=O) groups is 1. The molecular weight excluding hydrogens is 268 g/mol. The Labute approximate surface area is 125 Å².